The first-order valence-electron chi connectivity index (χ1n) is 6.84. The van der Waals surface area contributed by atoms with Crippen LogP contribution in [0.2, 0.25) is 0 Å². The van der Waals surface area contributed by atoms with Gasteiger partial charge in [0.2, 0.25) is 0 Å². The third-order valence-electron chi connectivity index (χ3n) is 3.47. The lowest BCUT2D eigenvalue weighted by Crippen LogP contribution is -2.03. The van der Waals surface area contributed by atoms with Crippen molar-refractivity contribution in [1.82, 2.24) is 20.4 Å². The van der Waals surface area contributed by atoms with Crippen molar-refractivity contribution in [3.8, 4) is 27.3 Å². The second-order valence-electron chi connectivity index (χ2n) is 5.05. The van der Waals surface area contributed by atoms with Crippen LogP contribution in [-0.4, -0.2) is 20.4 Å². The molecule has 0 unspecified atom stereocenters. The van der Waals surface area contributed by atoms with E-state index in [0.717, 1.165) is 22.4 Å². The van der Waals surface area contributed by atoms with Crippen molar-refractivity contribution in [2.45, 2.75) is 6.18 Å². The number of thiazole rings is 1. The lowest BCUT2D eigenvalue weighted by atomic mass is 10.1. The Bertz CT molecular complexity index is 1120. The van der Waals surface area contributed by atoms with Crippen LogP contribution in [0.1, 0.15) is 11.3 Å². The van der Waals surface area contributed by atoms with Crippen molar-refractivity contribution in [2.24, 2.45) is 0 Å². The Kier molecular flexibility index (Phi) is 3.55. The molecule has 0 amide bonds. The molecule has 25 heavy (non-hydrogen) atoms. The summed E-state index contributed by atoms with van der Waals surface area (Å²) in [6.07, 6.45) is -4.37. The molecule has 0 saturated heterocycles. The van der Waals surface area contributed by atoms with Gasteiger partial charge in [0.15, 0.2) is 5.69 Å². The minimum atomic E-state index is -4.37. The third-order valence-corrected chi connectivity index (χ3v) is 5.57. The Labute approximate surface area is 146 Å². The number of hydrogen-bond donors (Lipinski definition) is 1. The molecule has 0 atom stereocenters. The zero-order valence-corrected chi connectivity index (χ0v) is 13.8. The molecule has 3 aromatic heterocycles. The number of aromatic nitrogens is 4. The Morgan fingerprint density at radius 1 is 1.20 bits per heavy atom. The number of nitriles is 1. The number of halogens is 3. The predicted molar refractivity (Wildman–Crippen MR) is 88.0 cm³/mol. The molecule has 0 spiro atoms. The van der Waals surface area contributed by atoms with E-state index in [-0.39, 0.29) is 5.69 Å². The molecular formula is C15H6F3N5S2. The van der Waals surface area contributed by atoms with Gasteiger partial charge in [0.25, 0.3) is 0 Å². The van der Waals surface area contributed by atoms with Gasteiger partial charge >= 0.3 is 6.18 Å². The largest absolute Gasteiger partial charge is 0.416 e. The standard InChI is InChI=1S/C15H6F3N5S2/c16-15(17,18)8-2-1-7-3-12(25-11(7)4-8)14-20-10(6-24-14)13-9(5-19)21-23-22-13/h1-4,6H,(H,21,22,23). The van der Waals surface area contributed by atoms with Crippen LogP contribution in [-0.2, 0) is 6.18 Å². The number of benzene rings is 1. The van der Waals surface area contributed by atoms with Crippen LogP contribution in [0.5, 0.6) is 0 Å². The summed E-state index contributed by atoms with van der Waals surface area (Å²) in [5, 5.41) is 22.0. The molecule has 5 nitrogen and oxygen atoms in total. The van der Waals surface area contributed by atoms with Crippen LogP contribution in [0.15, 0.2) is 29.6 Å². The number of nitrogens with zero attached hydrogens (tertiary/aromatic N) is 4. The molecular weight excluding hydrogens is 371 g/mol. The van der Waals surface area contributed by atoms with Crippen molar-refractivity contribution in [3.05, 3.63) is 40.9 Å². The van der Waals surface area contributed by atoms with E-state index in [2.05, 4.69) is 20.4 Å². The maximum atomic E-state index is 12.8. The van der Waals surface area contributed by atoms with Gasteiger partial charge in [0.05, 0.1) is 10.4 Å². The summed E-state index contributed by atoms with van der Waals surface area (Å²) in [7, 11) is 0. The average Bonchev–Trinajstić information content (AvgIpc) is 3.30. The molecule has 124 valence electrons. The number of H-pyrrole nitrogens is 1. The Morgan fingerprint density at radius 3 is 2.80 bits per heavy atom. The van der Waals surface area contributed by atoms with Gasteiger partial charge in [-0.3, -0.25) is 0 Å². The molecule has 0 fully saturated rings. The normalized spacial score (nSPS) is 11.8. The SMILES string of the molecule is N#Cc1[nH]nnc1-c1csc(-c2cc3ccc(C(F)(F)F)cc3s2)n1. The second kappa shape index (κ2) is 5.65. The molecule has 0 radical (unpaired) electrons. The summed E-state index contributed by atoms with van der Waals surface area (Å²) >= 11 is 2.57. The molecule has 1 aromatic carbocycles. The van der Waals surface area contributed by atoms with Gasteiger partial charge in [-0.15, -0.1) is 27.8 Å². The maximum absolute atomic E-state index is 12.8. The van der Waals surface area contributed by atoms with E-state index < -0.39 is 11.7 Å². The molecule has 3 heterocycles. The van der Waals surface area contributed by atoms with Crippen LogP contribution >= 0.6 is 22.7 Å². The van der Waals surface area contributed by atoms with Crippen molar-refractivity contribution in [1.29, 1.82) is 5.26 Å². The third kappa shape index (κ3) is 2.77. The van der Waals surface area contributed by atoms with E-state index in [9.17, 15) is 13.2 Å². The van der Waals surface area contributed by atoms with E-state index in [0.29, 0.717) is 21.1 Å². The fourth-order valence-corrected chi connectivity index (χ4v) is 4.26. The number of fused-ring (bicyclic) bond motifs is 1. The van der Waals surface area contributed by atoms with Crippen LogP contribution in [0.3, 0.4) is 0 Å². The smallest absolute Gasteiger partial charge is 0.247 e. The van der Waals surface area contributed by atoms with Crippen molar-refractivity contribution < 1.29 is 13.2 Å². The van der Waals surface area contributed by atoms with E-state index in [1.54, 1.807) is 11.4 Å². The Hall–Kier alpha value is -2.77. The topological polar surface area (TPSA) is 78.2 Å². The molecule has 1 N–H and O–H groups in total. The zero-order chi connectivity index (χ0) is 17.6. The molecule has 0 saturated carbocycles. The molecule has 0 aliphatic carbocycles. The van der Waals surface area contributed by atoms with Gasteiger partial charge in [-0.2, -0.15) is 18.4 Å². The number of aromatic amines is 1. The maximum Gasteiger partial charge on any atom is 0.416 e. The van der Waals surface area contributed by atoms with Crippen molar-refractivity contribution in [3.63, 3.8) is 0 Å². The van der Waals surface area contributed by atoms with Crippen molar-refractivity contribution >= 4 is 32.8 Å². The second-order valence-corrected chi connectivity index (χ2v) is 6.99. The highest BCUT2D eigenvalue weighted by molar-refractivity contribution is 7.25. The molecule has 0 aliphatic rings. The van der Waals surface area contributed by atoms with Crippen LogP contribution in [0.4, 0.5) is 13.2 Å². The van der Waals surface area contributed by atoms with E-state index in [1.165, 1.54) is 28.7 Å². The zero-order valence-electron chi connectivity index (χ0n) is 12.1. The fourth-order valence-electron chi connectivity index (χ4n) is 2.29. The molecule has 4 aromatic rings. The van der Waals surface area contributed by atoms with Crippen molar-refractivity contribution in [2.75, 3.05) is 0 Å². The van der Waals surface area contributed by atoms with Crippen LogP contribution in [0.25, 0.3) is 31.4 Å². The number of rotatable bonds is 2. The van der Waals surface area contributed by atoms with E-state index in [4.69, 9.17) is 5.26 Å². The lowest BCUT2D eigenvalue weighted by molar-refractivity contribution is -0.137. The first kappa shape index (κ1) is 15.7. The molecule has 4 rings (SSSR count). The van der Waals surface area contributed by atoms with Gasteiger partial charge in [-0.1, -0.05) is 11.3 Å². The summed E-state index contributed by atoms with van der Waals surface area (Å²) in [5.41, 5.74) is 0.390. The summed E-state index contributed by atoms with van der Waals surface area (Å²) < 4.78 is 39.0. The van der Waals surface area contributed by atoms with Crippen LogP contribution < -0.4 is 0 Å². The Balaban J connectivity index is 1.74. The highest BCUT2D eigenvalue weighted by Gasteiger charge is 2.30. The monoisotopic (exact) mass is 377 g/mol. The number of nitrogens with one attached hydrogen (secondary N) is 1. The summed E-state index contributed by atoms with van der Waals surface area (Å²) in [6, 6.07) is 7.42. The van der Waals surface area contributed by atoms with E-state index in [1.807, 2.05) is 6.07 Å². The van der Waals surface area contributed by atoms with E-state index >= 15 is 0 Å². The number of thiophene rings is 1. The predicted octanol–water partition coefficient (Wildman–Crippen LogP) is 4.70. The minimum absolute atomic E-state index is 0.211. The average molecular weight is 377 g/mol. The lowest BCUT2D eigenvalue weighted by Gasteiger charge is -2.05. The minimum Gasteiger partial charge on any atom is -0.247 e. The van der Waals surface area contributed by atoms with Crippen LogP contribution in [0, 0.1) is 11.3 Å². The molecule has 0 bridgehead atoms. The summed E-state index contributed by atoms with van der Waals surface area (Å²) in [4.78, 5) is 5.19. The highest BCUT2D eigenvalue weighted by atomic mass is 32.1. The summed E-state index contributed by atoms with van der Waals surface area (Å²) in [5.74, 6) is 0. The van der Waals surface area contributed by atoms with Gasteiger partial charge < -0.3 is 0 Å². The van der Waals surface area contributed by atoms with Gasteiger partial charge in [-0.25, -0.2) is 10.1 Å². The number of hydrogen-bond acceptors (Lipinski definition) is 6. The molecule has 0 aliphatic heterocycles. The summed E-state index contributed by atoms with van der Waals surface area (Å²) in [6.45, 7) is 0. The van der Waals surface area contributed by atoms with Gasteiger partial charge in [-0.05, 0) is 23.6 Å². The van der Waals surface area contributed by atoms with Gasteiger partial charge in [0.1, 0.15) is 22.5 Å². The Morgan fingerprint density at radius 2 is 2.04 bits per heavy atom. The highest BCUT2D eigenvalue weighted by Crippen LogP contribution is 2.39. The molecule has 10 heteroatoms. The number of alkyl halides is 3. The first-order valence-corrected chi connectivity index (χ1v) is 8.53. The first-order chi connectivity index (χ1) is 12.0. The fraction of sp³-hybridized carbons (Fsp3) is 0.0667. The van der Waals surface area contributed by atoms with Gasteiger partial charge in [0, 0.05) is 10.1 Å². The quantitative estimate of drug-likeness (QED) is 0.549.